The molecular weight excluding hydrogens is 296 g/mol. The third-order valence-corrected chi connectivity index (χ3v) is 5.73. The molecule has 0 aromatic carbocycles. The normalized spacial score (nSPS) is 23.7. The molecule has 6 heteroatoms. The third kappa shape index (κ3) is 2.61. The van der Waals surface area contributed by atoms with Gasteiger partial charge in [0.25, 0.3) is 0 Å². The average molecular weight is 316 g/mol. The smallest absolute Gasteiger partial charge is 0.153 e. The van der Waals surface area contributed by atoms with E-state index in [1.165, 1.54) is 16.2 Å². The summed E-state index contributed by atoms with van der Waals surface area (Å²) in [6.45, 7) is 0. The Labute approximate surface area is 134 Å². The molecule has 1 aliphatic carbocycles. The van der Waals surface area contributed by atoms with Gasteiger partial charge in [0.2, 0.25) is 0 Å². The Morgan fingerprint density at radius 2 is 2.36 bits per heavy atom. The number of H-pyrrole nitrogens is 1. The number of thioether (sulfide) groups is 1. The van der Waals surface area contributed by atoms with Gasteiger partial charge in [-0.3, -0.25) is 5.10 Å². The van der Waals surface area contributed by atoms with E-state index in [9.17, 15) is 0 Å². The van der Waals surface area contributed by atoms with Crippen LogP contribution in [0.25, 0.3) is 0 Å². The minimum atomic E-state index is 0.390. The predicted molar refractivity (Wildman–Crippen MR) is 87.9 cm³/mol. The van der Waals surface area contributed by atoms with Crippen LogP contribution in [-0.4, -0.2) is 34.1 Å². The number of pyridine rings is 1. The van der Waals surface area contributed by atoms with E-state index in [0.29, 0.717) is 12.0 Å². The molecule has 1 aliphatic heterocycles. The Morgan fingerprint density at radius 1 is 1.41 bits per heavy atom. The third-order valence-electron chi connectivity index (χ3n) is 4.62. The fourth-order valence-electron chi connectivity index (χ4n) is 3.39. The second-order valence-electron chi connectivity index (χ2n) is 5.94. The predicted octanol–water partition coefficient (Wildman–Crippen LogP) is 3.48. The molecule has 2 aliphatic rings. The first-order valence-corrected chi connectivity index (χ1v) is 8.78. The lowest BCUT2D eigenvalue weighted by Gasteiger charge is -2.08. The molecule has 0 saturated heterocycles. The largest absolute Gasteiger partial charge is 0.381 e. The number of aromatic nitrogens is 3. The Morgan fingerprint density at radius 3 is 3.23 bits per heavy atom. The fourth-order valence-corrected chi connectivity index (χ4v) is 4.45. The van der Waals surface area contributed by atoms with Crippen molar-refractivity contribution < 1.29 is 4.74 Å². The molecule has 1 fully saturated rings. The van der Waals surface area contributed by atoms with Crippen molar-refractivity contribution in [1.82, 2.24) is 15.2 Å². The molecular formula is C16H20N4OS. The molecule has 2 N–H and O–H groups in total. The first-order valence-electron chi connectivity index (χ1n) is 7.79. The van der Waals surface area contributed by atoms with Crippen molar-refractivity contribution in [2.75, 3.05) is 18.2 Å². The zero-order valence-electron chi connectivity index (χ0n) is 12.6. The number of nitrogens with zero attached hydrogens (tertiary/aromatic N) is 2. The van der Waals surface area contributed by atoms with Crippen LogP contribution in [0.4, 0.5) is 11.6 Å². The van der Waals surface area contributed by atoms with E-state index in [2.05, 4.69) is 32.6 Å². The highest BCUT2D eigenvalue weighted by molar-refractivity contribution is 7.99. The van der Waals surface area contributed by atoms with Crippen LogP contribution in [-0.2, 0) is 11.2 Å². The van der Waals surface area contributed by atoms with Gasteiger partial charge in [-0.15, -0.1) is 11.8 Å². The Bertz CT molecular complexity index is 672. The lowest BCUT2D eigenvalue weighted by atomic mass is 10.0. The van der Waals surface area contributed by atoms with Crippen LogP contribution < -0.4 is 5.32 Å². The highest BCUT2D eigenvalue weighted by Crippen LogP contribution is 2.37. The molecule has 5 nitrogen and oxygen atoms in total. The topological polar surface area (TPSA) is 62.8 Å². The summed E-state index contributed by atoms with van der Waals surface area (Å²) in [5.41, 5.74) is 2.52. The van der Waals surface area contributed by atoms with Gasteiger partial charge in [-0.1, -0.05) is 0 Å². The summed E-state index contributed by atoms with van der Waals surface area (Å²) < 4.78 is 5.45. The number of rotatable bonds is 4. The van der Waals surface area contributed by atoms with Crippen LogP contribution in [0.5, 0.6) is 0 Å². The molecule has 0 amide bonds. The van der Waals surface area contributed by atoms with Gasteiger partial charge in [0, 0.05) is 47.2 Å². The Hall–Kier alpha value is -1.53. The van der Waals surface area contributed by atoms with Crippen LogP contribution in [0.3, 0.4) is 0 Å². The van der Waals surface area contributed by atoms with Gasteiger partial charge in [0.05, 0.1) is 6.10 Å². The molecule has 2 unspecified atom stereocenters. The molecule has 1 saturated carbocycles. The number of ether oxygens (including phenoxy) is 1. The van der Waals surface area contributed by atoms with Gasteiger partial charge >= 0.3 is 0 Å². The number of hydrogen-bond donors (Lipinski definition) is 2. The van der Waals surface area contributed by atoms with Gasteiger partial charge in [0.15, 0.2) is 5.82 Å². The second kappa shape index (κ2) is 5.93. The summed E-state index contributed by atoms with van der Waals surface area (Å²) in [7, 11) is 1.80. The summed E-state index contributed by atoms with van der Waals surface area (Å²) in [5.74, 6) is 3.47. The average Bonchev–Trinajstić information content (AvgIpc) is 3.27. The van der Waals surface area contributed by atoms with E-state index < -0.39 is 0 Å². The summed E-state index contributed by atoms with van der Waals surface area (Å²) in [6.07, 6.45) is 6.71. The maximum Gasteiger partial charge on any atom is 0.153 e. The van der Waals surface area contributed by atoms with Crippen molar-refractivity contribution in [2.45, 2.75) is 42.6 Å². The molecule has 116 valence electrons. The monoisotopic (exact) mass is 316 g/mol. The van der Waals surface area contributed by atoms with Crippen LogP contribution in [0.2, 0.25) is 0 Å². The number of fused-ring (bicyclic) bond motifs is 1. The maximum absolute atomic E-state index is 5.45. The number of hydrogen-bond acceptors (Lipinski definition) is 5. The number of aromatic amines is 1. The summed E-state index contributed by atoms with van der Waals surface area (Å²) in [4.78, 5) is 5.82. The first-order chi connectivity index (χ1) is 10.8. The fraction of sp³-hybridized carbons (Fsp3) is 0.500. The van der Waals surface area contributed by atoms with Crippen molar-refractivity contribution >= 4 is 23.4 Å². The van der Waals surface area contributed by atoms with Gasteiger partial charge in [-0.25, -0.2) is 4.98 Å². The van der Waals surface area contributed by atoms with Crippen LogP contribution >= 0.6 is 11.8 Å². The minimum Gasteiger partial charge on any atom is -0.381 e. The highest BCUT2D eigenvalue weighted by Gasteiger charge is 2.27. The molecule has 2 aromatic heterocycles. The molecule has 0 radical (unpaired) electrons. The van der Waals surface area contributed by atoms with Gasteiger partial charge < -0.3 is 10.1 Å². The number of nitrogens with one attached hydrogen (secondary N) is 2. The zero-order chi connectivity index (χ0) is 14.9. The molecule has 2 atom stereocenters. The second-order valence-corrected chi connectivity index (χ2v) is 7.07. The van der Waals surface area contributed by atoms with Gasteiger partial charge in [-0.05, 0) is 31.7 Å². The summed E-state index contributed by atoms with van der Waals surface area (Å²) >= 11 is 1.90. The molecule has 0 bridgehead atoms. The maximum atomic E-state index is 5.45. The van der Waals surface area contributed by atoms with E-state index in [0.717, 1.165) is 43.1 Å². The van der Waals surface area contributed by atoms with Crippen molar-refractivity contribution in [3.05, 3.63) is 29.6 Å². The lowest BCUT2D eigenvalue weighted by molar-refractivity contribution is 0.108. The van der Waals surface area contributed by atoms with E-state index in [1.54, 1.807) is 7.11 Å². The van der Waals surface area contributed by atoms with E-state index in [4.69, 9.17) is 4.74 Å². The number of anilines is 2. The SMILES string of the molecule is COC1CCC(c2cc(Nc3nccc4c3CCS4)n[nH]2)C1. The van der Waals surface area contributed by atoms with Crippen LogP contribution in [0.15, 0.2) is 23.2 Å². The minimum absolute atomic E-state index is 0.390. The summed E-state index contributed by atoms with van der Waals surface area (Å²) in [5, 5.41) is 11.0. The summed E-state index contributed by atoms with van der Waals surface area (Å²) in [6, 6.07) is 4.21. The quantitative estimate of drug-likeness (QED) is 0.904. The first kappa shape index (κ1) is 14.1. The molecule has 2 aromatic rings. The van der Waals surface area contributed by atoms with E-state index in [-0.39, 0.29) is 0 Å². The Balaban J connectivity index is 1.50. The molecule has 22 heavy (non-hydrogen) atoms. The zero-order valence-corrected chi connectivity index (χ0v) is 13.4. The van der Waals surface area contributed by atoms with Crippen LogP contribution in [0.1, 0.15) is 36.4 Å². The Kier molecular flexibility index (Phi) is 3.80. The van der Waals surface area contributed by atoms with Crippen molar-refractivity contribution in [3.8, 4) is 0 Å². The molecule has 4 rings (SSSR count). The van der Waals surface area contributed by atoms with Crippen LogP contribution in [0, 0.1) is 0 Å². The van der Waals surface area contributed by atoms with Crippen molar-refractivity contribution in [2.24, 2.45) is 0 Å². The standard InChI is InChI=1S/C16H20N4OS/c1-21-11-3-2-10(8-11)13-9-15(20-19-13)18-16-12-5-7-22-14(12)4-6-17-16/h4,6,9-11H,2-3,5,7-8H2,1H3,(H2,17,18,19,20). The van der Waals surface area contributed by atoms with Gasteiger partial charge in [-0.2, -0.15) is 5.10 Å². The number of methoxy groups -OCH3 is 1. The van der Waals surface area contributed by atoms with Crippen molar-refractivity contribution in [3.63, 3.8) is 0 Å². The lowest BCUT2D eigenvalue weighted by Crippen LogP contribution is -2.04. The van der Waals surface area contributed by atoms with E-state index in [1.807, 2.05) is 18.0 Å². The molecule has 0 spiro atoms. The van der Waals surface area contributed by atoms with Gasteiger partial charge in [0.1, 0.15) is 5.82 Å². The highest BCUT2D eigenvalue weighted by atomic mass is 32.2. The van der Waals surface area contributed by atoms with E-state index >= 15 is 0 Å². The molecule has 3 heterocycles. The van der Waals surface area contributed by atoms with Crippen molar-refractivity contribution in [1.29, 1.82) is 0 Å².